The third-order valence-electron chi connectivity index (χ3n) is 2.11. The largest absolute Gasteiger partial charge is 0.350 e. The van der Waals surface area contributed by atoms with Crippen molar-refractivity contribution in [1.29, 1.82) is 0 Å². The summed E-state index contributed by atoms with van der Waals surface area (Å²) < 4.78 is 13.6. The first-order chi connectivity index (χ1) is 7.52. The maximum Gasteiger partial charge on any atom is 0.341 e. The molecule has 6 nitrogen and oxygen atoms in total. The van der Waals surface area contributed by atoms with E-state index in [1.165, 1.54) is 12.1 Å². The van der Waals surface area contributed by atoms with E-state index < -0.39 is 23.0 Å². The Bertz CT molecular complexity index is 701. The van der Waals surface area contributed by atoms with Gasteiger partial charge < -0.3 is 5.73 Å². The van der Waals surface area contributed by atoms with Crippen LogP contribution >= 0.6 is 0 Å². The number of hydrogen-bond donors (Lipinski definition) is 2. The van der Waals surface area contributed by atoms with Crippen LogP contribution in [0.15, 0.2) is 27.8 Å². The fourth-order valence-electron chi connectivity index (χ4n) is 1.42. The number of aromatic amines is 1. The Hall–Kier alpha value is -2.44. The number of primary amides is 1. The van der Waals surface area contributed by atoms with E-state index in [2.05, 4.69) is 0 Å². The number of carbonyl (C=O) groups is 1. The average molecular weight is 223 g/mol. The average Bonchev–Trinajstić information content (AvgIpc) is 2.22. The monoisotopic (exact) mass is 223 g/mol. The molecule has 16 heavy (non-hydrogen) atoms. The molecule has 0 aliphatic heterocycles. The van der Waals surface area contributed by atoms with Crippen LogP contribution in [-0.4, -0.2) is 15.8 Å². The second kappa shape index (κ2) is 3.30. The SMILES string of the molecule is NC(=O)n1[nH]c(=O)c2c(F)cccc2c1=O. The van der Waals surface area contributed by atoms with Crippen LogP contribution < -0.4 is 16.9 Å². The minimum atomic E-state index is -1.13. The highest BCUT2D eigenvalue weighted by Crippen LogP contribution is 2.08. The van der Waals surface area contributed by atoms with Crippen molar-refractivity contribution < 1.29 is 9.18 Å². The molecule has 0 aliphatic carbocycles. The van der Waals surface area contributed by atoms with E-state index in [0.717, 1.165) is 6.07 Å². The molecule has 82 valence electrons. The van der Waals surface area contributed by atoms with Gasteiger partial charge in [0.25, 0.3) is 11.1 Å². The number of nitrogens with two attached hydrogens (primary N) is 1. The van der Waals surface area contributed by atoms with Crippen LogP contribution in [0.4, 0.5) is 9.18 Å². The van der Waals surface area contributed by atoms with E-state index in [9.17, 15) is 18.8 Å². The van der Waals surface area contributed by atoms with Gasteiger partial charge >= 0.3 is 6.03 Å². The molecule has 0 spiro atoms. The van der Waals surface area contributed by atoms with Gasteiger partial charge in [-0.05, 0) is 12.1 Å². The molecule has 1 amide bonds. The highest BCUT2D eigenvalue weighted by molar-refractivity contribution is 5.83. The second-order valence-electron chi connectivity index (χ2n) is 3.08. The lowest BCUT2D eigenvalue weighted by atomic mass is 10.2. The Morgan fingerprint density at radius 3 is 2.69 bits per heavy atom. The molecule has 0 saturated carbocycles. The molecule has 7 heteroatoms. The van der Waals surface area contributed by atoms with Crippen LogP contribution in [0.5, 0.6) is 0 Å². The van der Waals surface area contributed by atoms with Gasteiger partial charge in [0, 0.05) is 0 Å². The summed E-state index contributed by atoms with van der Waals surface area (Å²) in [6.07, 6.45) is 0. The fourth-order valence-corrected chi connectivity index (χ4v) is 1.42. The highest BCUT2D eigenvalue weighted by atomic mass is 19.1. The van der Waals surface area contributed by atoms with Crippen molar-refractivity contribution in [3.8, 4) is 0 Å². The van der Waals surface area contributed by atoms with Crippen molar-refractivity contribution in [3.63, 3.8) is 0 Å². The zero-order valence-electron chi connectivity index (χ0n) is 7.86. The number of nitrogens with zero attached hydrogens (tertiary/aromatic N) is 1. The Morgan fingerprint density at radius 1 is 1.38 bits per heavy atom. The van der Waals surface area contributed by atoms with Gasteiger partial charge in [-0.1, -0.05) is 6.07 Å². The molecule has 1 aromatic carbocycles. The number of aromatic nitrogens is 2. The molecule has 1 aromatic heterocycles. The number of halogens is 1. The maximum atomic E-state index is 13.3. The van der Waals surface area contributed by atoms with Crippen LogP contribution in [0.25, 0.3) is 10.8 Å². The van der Waals surface area contributed by atoms with Crippen LogP contribution in [-0.2, 0) is 0 Å². The first-order valence-electron chi connectivity index (χ1n) is 4.25. The Balaban J connectivity index is 3.09. The second-order valence-corrected chi connectivity index (χ2v) is 3.08. The normalized spacial score (nSPS) is 10.6. The van der Waals surface area contributed by atoms with E-state index in [1.54, 1.807) is 0 Å². The molecule has 0 aliphatic rings. The van der Waals surface area contributed by atoms with Crippen LogP contribution in [0, 0.1) is 5.82 Å². The van der Waals surface area contributed by atoms with Crippen LogP contribution in [0.2, 0.25) is 0 Å². The van der Waals surface area contributed by atoms with Crippen LogP contribution in [0.1, 0.15) is 0 Å². The standard InChI is InChI=1S/C9H6FN3O3/c10-5-3-1-2-4-6(5)7(14)12-13(8(4)15)9(11)16/h1-3H,(H2,11,16)(H,12,14). The van der Waals surface area contributed by atoms with Gasteiger partial charge in [0.05, 0.1) is 10.8 Å². The fraction of sp³-hybridized carbons (Fsp3) is 0. The number of rotatable bonds is 0. The van der Waals surface area contributed by atoms with Crippen molar-refractivity contribution in [1.82, 2.24) is 9.78 Å². The quantitative estimate of drug-likeness (QED) is 0.644. The summed E-state index contributed by atoms with van der Waals surface area (Å²) >= 11 is 0. The molecule has 0 atom stereocenters. The lowest BCUT2D eigenvalue weighted by Gasteiger charge is -2.02. The van der Waals surface area contributed by atoms with Crippen molar-refractivity contribution in [2.24, 2.45) is 5.73 Å². The molecule has 3 N–H and O–H groups in total. The number of carbonyl (C=O) groups excluding carboxylic acids is 1. The number of amides is 1. The van der Waals surface area contributed by atoms with Gasteiger partial charge in [0.1, 0.15) is 5.82 Å². The molecule has 1 heterocycles. The van der Waals surface area contributed by atoms with E-state index in [4.69, 9.17) is 5.73 Å². The highest BCUT2D eigenvalue weighted by Gasteiger charge is 2.12. The number of hydrogen-bond acceptors (Lipinski definition) is 3. The topological polar surface area (TPSA) is 97.9 Å². The Morgan fingerprint density at radius 2 is 2.06 bits per heavy atom. The molecule has 0 fully saturated rings. The Kier molecular flexibility index (Phi) is 2.08. The predicted molar refractivity (Wildman–Crippen MR) is 53.8 cm³/mol. The Labute approximate surface area is 87.1 Å². The third-order valence-corrected chi connectivity index (χ3v) is 2.11. The van der Waals surface area contributed by atoms with Crippen molar-refractivity contribution >= 4 is 16.8 Å². The van der Waals surface area contributed by atoms with Gasteiger partial charge in [0.2, 0.25) is 0 Å². The summed E-state index contributed by atoms with van der Waals surface area (Å²) in [6, 6.07) is 2.43. The molecule has 0 bridgehead atoms. The van der Waals surface area contributed by atoms with Gasteiger partial charge in [-0.15, -0.1) is 0 Å². The van der Waals surface area contributed by atoms with Gasteiger partial charge in [-0.2, -0.15) is 4.68 Å². The smallest absolute Gasteiger partial charge is 0.341 e. The van der Waals surface area contributed by atoms with E-state index in [1.807, 2.05) is 5.10 Å². The molecule has 0 saturated heterocycles. The van der Waals surface area contributed by atoms with Crippen molar-refractivity contribution in [2.75, 3.05) is 0 Å². The molecular formula is C9H6FN3O3. The summed E-state index contributed by atoms with van der Waals surface area (Å²) in [5.74, 6) is -0.826. The molecule has 2 aromatic rings. The first-order valence-corrected chi connectivity index (χ1v) is 4.25. The number of fused-ring (bicyclic) bond motifs is 1. The van der Waals surface area contributed by atoms with E-state index in [0.29, 0.717) is 4.68 Å². The summed E-state index contributed by atoms with van der Waals surface area (Å²) in [7, 11) is 0. The van der Waals surface area contributed by atoms with Gasteiger partial charge in [0.15, 0.2) is 0 Å². The lowest BCUT2D eigenvalue weighted by Crippen LogP contribution is -2.38. The lowest BCUT2D eigenvalue weighted by molar-refractivity contribution is 0.246. The van der Waals surface area contributed by atoms with Gasteiger partial charge in [-0.25, -0.2) is 9.18 Å². The first kappa shape index (κ1) is 10.1. The third kappa shape index (κ3) is 1.29. The summed E-state index contributed by atoms with van der Waals surface area (Å²) in [5.41, 5.74) is 3.13. The predicted octanol–water partition coefficient (Wildman–Crippen LogP) is -0.244. The van der Waals surface area contributed by atoms with E-state index in [-0.39, 0.29) is 10.8 Å². The summed E-state index contributed by atoms with van der Waals surface area (Å²) in [5, 5.41) is 1.32. The van der Waals surface area contributed by atoms with E-state index >= 15 is 0 Å². The minimum Gasteiger partial charge on any atom is -0.350 e. The number of nitrogens with one attached hydrogen (secondary N) is 1. The number of H-pyrrole nitrogens is 1. The minimum absolute atomic E-state index is 0.192. The molecule has 2 rings (SSSR count). The summed E-state index contributed by atoms with van der Waals surface area (Å²) in [6.45, 7) is 0. The van der Waals surface area contributed by atoms with Crippen molar-refractivity contribution in [2.45, 2.75) is 0 Å². The molecular weight excluding hydrogens is 217 g/mol. The molecule has 0 unspecified atom stereocenters. The molecule has 0 radical (unpaired) electrons. The van der Waals surface area contributed by atoms with Crippen molar-refractivity contribution in [3.05, 3.63) is 44.7 Å². The zero-order valence-corrected chi connectivity index (χ0v) is 7.86. The zero-order chi connectivity index (χ0) is 11.9. The number of benzene rings is 1. The maximum absolute atomic E-state index is 13.3. The summed E-state index contributed by atoms with van der Waals surface area (Å²) in [4.78, 5) is 33.8. The van der Waals surface area contributed by atoms with Gasteiger partial charge in [-0.3, -0.25) is 14.7 Å². The van der Waals surface area contributed by atoms with Crippen LogP contribution in [0.3, 0.4) is 0 Å².